The lowest BCUT2D eigenvalue weighted by molar-refractivity contribution is 0.0733. The molecule has 1 amide bonds. The Morgan fingerprint density at radius 2 is 1.79 bits per heavy atom. The molecule has 0 atom stereocenters. The number of hydrogen-bond donors (Lipinski definition) is 2. The van der Waals surface area contributed by atoms with Crippen LogP contribution >= 0.6 is 24.8 Å². The molecule has 3 N–H and O–H groups in total. The quantitative estimate of drug-likeness (QED) is 0.442. The molecule has 0 aliphatic carbocycles. The van der Waals surface area contributed by atoms with Crippen LogP contribution in [0.1, 0.15) is 21.5 Å². The second kappa shape index (κ2) is 10.7. The molecule has 0 radical (unpaired) electrons. The van der Waals surface area contributed by atoms with Crippen molar-refractivity contribution < 1.29 is 9.53 Å². The largest absolute Gasteiger partial charge is 0.491 e. The summed E-state index contributed by atoms with van der Waals surface area (Å²) in [6, 6.07) is 20.1. The maximum Gasteiger partial charge on any atom is 0.254 e. The van der Waals surface area contributed by atoms with E-state index in [1.165, 1.54) is 0 Å². The van der Waals surface area contributed by atoms with E-state index in [9.17, 15) is 4.79 Å². The van der Waals surface area contributed by atoms with Crippen LogP contribution in [0.5, 0.6) is 5.75 Å². The number of aromatic amines is 1. The van der Waals surface area contributed by atoms with Crippen LogP contribution < -0.4 is 10.5 Å². The molecule has 0 unspecified atom stereocenters. The van der Waals surface area contributed by atoms with Gasteiger partial charge < -0.3 is 20.4 Å². The van der Waals surface area contributed by atoms with Gasteiger partial charge in [-0.25, -0.2) is 4.98 Å². The second-order valence-electron chi connectivity index (χ2n) is 7.77. The van der Waals surface area contributed by atoms with Crippen molar-refractivity contribution in [3.63, 3.8) is 0 Å². The van der Waals surface area contributed by atoms with Crippen molar-refractivity contribution in [2.24, 2.45) is 5.73 Å². The smallest absolute Gasteiger partial charge is 0.254 e. The number of carbonyl (C=O) groups is 1. The Morgan fingerprint density at radius 3 is 2.58 bits per heavy atom. The molecule has 4 aromatic rings. The van der Waals surface area contributed by atoms with E-state index in [0.717, 1.165) is 45.5 Å². The number of nitrogens with zero attached hydrogens (tertiary/aromatic N) is 2. The van der Waals surface area contributed by atoms with Crippen molar-refractivity contribution >= 4 is 41.8 Å². The number of hydrogen-bond acceptors (Lipinski definition) is 4. The van der Waals surface area contributed by atoms with Crippen molar-refractivity contribution in [3.8, 4) is 16.9 Å². The van der Waals surface area contributed by atoms with Gasteiger partial charge in [0, 0.05) is 17.7 Å². The molecule has 2 heterocycles. The number of H-pyrrole nitrogens is 1. The third-order valence-corrected chi connectivity index (χ3v) is 5.72. The van der Waals surface area contributed by atoms with Gasteiger partial charge in [-0.3, -0.25) is 4.79 Å². The highest BCUT2D eigenvalue weighted by Crippen LogP contribution is 2.31. The molecule has 3 aromatic carbocycles. The van der Waals surface area contributed by atoms with Gasteiger partial charge in [-0.1, -0.05) is 24.3 Å². The van der Waals surface area contributed by atoms with Crippen LogP contribution in [0.3, 0.4) is 0 Å². The van der Waals surface area contributed by atoms with Crippen LogP contribution in [0.2, 0.25) is 0 Å². The summed E-state index contributed by atoms with van der Waals surface area (Å²) in [6.45, 7) is 2.14. The van der Waals surface area contributed by atoms with E-state index in [-0.39, 0.29) is 30.7 Å². The van der Waals surface area contributed by atoms with Gasteiger partial charge in [0.05, 0.1) is 23.9 Å². The van der Waals surface area contributed by atoms with Crippen molar-refractivity contribution in [1.29, 1.82) is 0 Å². The number of carbonyl (C=O) groups excluding carboxylic acids is 1. The van der Waals surface area contributed by atoms with Crippen LogP contribution in [0.25, 0.3) is 22.2 Å². The normalized spacial score (nSPS) is 12.7. The van der Waals surface area contributed by atoms with Crippen molar-refractivity contribution in [3.05, 3.63) is 83.7 Å². The highest BCUT2D eigenvalue weighted by molar-refractivity contribution is 5.94. The van der Waals surface area contributed by atoms with E-state index in [1.54, 1.807) is 6.33 Å². The molecule has 1 aliphatic heterocycles. The fourth-order valence-corrected chi connectivity index (χ4v) is 4.03. The van der Waals surface area contributed by atoms with Gasteiger partial charge in [-0.05, 0) is 66.1 Å². The minimum Gasteiger partial charge on any atom is -0.491 e. The lowest BCUT2D eigenvalue weighted by Crippen LogP contribution is -2.32. The summed E-state index contributed by atoms with van der Waals surface area (Å²) >= 11 is 0. The number of aromatic nitrogens is 2. The lowest BCUT2D eigenvalue weighted by Gasteiger charge is -2.20. The third kappa shape index (κ3) is 5.14. The fourth-order valence-electron chi connectivity index (χ4n) is 4.03. The van der Waals surface area contributed by atoms with Crippen molar-refractivity contribution in [2.75, 3.05) is 19.7 Å². The van der Waals surface area contributed by atoms with E-state index in [4.69, 9.17) is 10.5 Å². The monoisotopic (exact) mass is 484 g/mol. The summed E-state index contributed by atoms with van der Waals surface area (Å²) in [4.78, 5) is 22.4. The first-order valence-corrected chi connectivity index (χ1v) is 10.5. The summed E-state index contributed by atoms with van der Waals surface area (Å²) in [5.74, 6) is 0.847. The van der Waals surface area contributed by atoms with Crippen LogP contribution in [0, 0.1) is 0 Å². The van der Waals surface area contributed by atoms with Gasteiger partial charge in [0.2, 0.25) is 0 Å². The number of fused-ring (bicyclic) bond motifs is 2. The summed E-state index contributed by atoms with van der Waals surface area (Å²) in [6.07, 6.45) is 2.51. The minimum absolute atomic E-state index is 0. The van der Waals surface area contributed by atoms with Gasteiger partial charge in [0.1, 0.15) is 12.4 Å². The van der Waals surface area contributed by atoms with E-state index in [0.29, 0.717) is 31.8 Å². The molecule has 0 saturated heterocycles. The van der Waals surface area contributed by atoms with Gasteiger partial charge in [-0.2, -0.15) is 0 Å². The summed E-state index contributed by atoms with van der Waals surface area (Å²) < 4.78 is 5.94. The number of nitrogens with two attached hydrogens (primary N) is 1. The number of amides is 1. The molecule has 6 nitrogen and oxygen atoms in total. The van der Waals surface area contributed by atoms with Crippen LogP contribution in [0.15, 0.2) is 67.0 Å². The van der Waals surface area contributed by atoms with Crippen molar-refractivity contribution in [2.45, 2.75) is 13.0 Å². The maximum atomic E-state index is 13.1. The molecule has 1 aromatic heterocycles. The van der Waals surface area contributed by atoms with Gasteiger partial charge >= 0.3 is 0 Å². The summed E-state index contributed by atoms with van der Waals surface area (Å²) in [5, 5.41) is 0. The molecule has 0 spiro atoms. The highest BCUT2D eigenvalue weighted by atomic mass is 35.5. The Labute approximate surface area is 205 Å². The molecule has 0 fully saturated rings. The van der Waals surface area contributed by atoms with E-state index >= 15 is 0 Å². The predicted molar refractivity (Wildman–Crippen MR) is 135 cm³/mol. The molecule has 8 heteroatoms. The topological polar surface area (TPSA) is 84.2 Å². The number of rotatable bonds is 4. The summed E-state index contributed by atoms with van der Waals surface area (Å²) in [7, 11) is 0. The fraction of sp³-hybridized carbons (Fsp3) is 0.200. The molecule has 1 aliphatic rings. The number of benzene rings is 3. The first kappa shape index (κ1) is 24.6. The molecule has 5 rings (SSSR count). The number of halogens is 2. The second-order valence-corrected chi connectivity index (χ2v) is 7.77. The standard InChI is InChI=1S/C25H24N4O2.2ClH/c26-10-9-17-1-3-18(4-2-17)25(30)29-11-12-31-24-8-6-19(13-21(24)15-29)20-5-7-22-23(14-20)28-16-27-22;;/h1-8,13-14,16H,9-12,15,26H2,(H,27,28);2*1H. The molecular formula is C25H26Cl2N4O2. The SMILES string of the molecule is Cl.Cl.NCCc1ccc(C(=O)N2CCOc3ccc(-c4ccc5nc[nH]c5c4)cc3C2)cc1. The van der Waals surface area contributed by atoms with E-state index in [2.05, 4.69) is 34.2 Å². The third-order valence-electron chi connectivity index (χ3n) is 5.72. The average molecular weight is 485 g/mol. The number of ether oxygens (including phenoxy) is 1. The van der Waals surface area contributed by atoms with E-state index in [1.807, 2.05) is 41.3 Å². The average Bonchev–Trinajstić information content (AvgIpc) is 3.17. The zero-order chi connectivity index (χ0) is 21.2. The Hall–Kier alpha value is -3.06. The van der Waals surface area contributed by atoms with E-state index < -0.39 is 0 Å². The zero-order valence-corrected chi connectivity index (χ0v) is 19.6. The molecule has 33 heavy (non-hydrogen) atoms. The first-order valence-electron chi connectivity index (χ1n) is 10.5. The van der Waals surface area contributed by atoms with Crippen LogP contribution in [0.4, 0.5) is 0 Å². The minimum atomic E-state index is 0. The van der Waals surface area contributed by atoms with Gasteiger partial charge in [0.15, 0.2) is 0 Å². The summed E-state index contributed by atoms with van der Waals surface area (Å²) in [5.41, 5.74) is 12.6. The molecule has 0 bridgehead atoms. The maximum absolute atomic E-state index is 13.1. The van der Waals surface area contributed by atoms with Gasteiger partial charge in [-0.15, -0.1) is 24.8 Å². The first-order chi connectivity index (χ1) is 15.2. The Balaban J connectivity index is 0.00000153. The Kier molecular flexibility index (Phi) is 7.97. The molecular weight excluding hydrogens is 459 g/mol. The van der Waals surface area contributed by atoms with Crippen LogP contribution in [-0.2, 0) is 13.0 Å². The number of nitrogens with one attached hydrogen (secondary N) is 1. The molecule has 0 saturated carbocycles. The Bertz CT molecular complexity index is 1240. The highest BCUT2D eigenvalue weighted by Gasteiger charge is 2.21. The van der Waals surface area contributed by atoms with Crippen LogP contribution in [-0.4, -0.2) is 40.5 Å². The molecule has 172 valence electrons. The Morgan fingerprint density at radius 1 is 1.03 bits per heavy atom. The van der Waals surface area contributed by atoms with Gasteiger partial charge in [0.25, 0.3) is 5.91 Å². The number of imidazole rings is 1. The van der Waals surface area contributed by atoms with Crippen molar-refractivity contribution in [1.82, 2.24) is 14.9 Å². The zero-order valence-electron chi connectivity index (χ0n) is 18.0. The predicted octanol–water partition coefficient (Wildman–Crippen LogP) is 4.61. The lowest BCUT2D eigenvalue weighted by atomic mass is 10.0.